The van der Waals surface area contributed by atoms with Gasteiger partial charge in [0, 0.05) is 22.5 Å². The lowest BCUT2D eigenvalue weighted by Gasteiger charge is -2.09. The largest absolute Gasteiger partial charge is 0.412 e. The summed E-state index contributed by atoms with van der Waals surface area (Å²) < 4.78 is 64.1. The summed E-state index contributed by atoms with van der Waals surface area (Å²) in [4.78, 5) is 23.0. The molecule has 0 bridgehead atoms. The second-order valence-electron chi connectivity index (χ2n) is 5.12. The van der Waals surface area contributed by atoms with Gasteiger partial charge < -0.3 is 16.9 Å². The van der Waals surface area contributed by atoms with Gasteiger partial charge in [-0.05, 0) is 36.4 Å². The number of Topliss-reactive ketones (excluding diaryl/α,β-unsaturated/α-hetero) is 2. The van der Waals surface area contributed by atoms with Crippen LogP contribution >= 0.6 is 0 Å². The molecule has 0 heterocycles. The fourth-order valence-corrected chi connectivity index (χ4v) is 3.57. The van der Waals surface area contributed by atoms with E-state index >= 15 is 0 Å². The van der Waals surface area contributed by atoms with Crippen LogP contribution in [0.1, 0.15) is 20.7 Å². The van der Waals surface area contributed by atoms with Crippen molar-refractivity contribution in [3.8, 4) is 0 Å². The molecule has 0 saturated heterocycles. The second kappa shape index (κ2) is 7.42. The molecule has 13 heteroatoms. The van der Waals surface area contributed by atoms with E-state index in [1.807, 2.05) is 0 Å². The van der Waals surface area contributed by atoms with E-state index in [0.29, 0.717) is 0 Å². The lowest BCUT2D eigenvalue weighted by Crippen LogP contribution is -2.20. The normalized spacial score (nSPS) is 11.5. The number of nitrogen functional groups attached to an aromatic ring is 2. The van der Waals surface area contributed by atoms with Gasteiger partial charge in [0.15, 0.2) is 0 Å². The van der Waals surface area contributed by atoms with E-state index in [1.165, 1.54) is 0 Å². The van der Waals surface area contributed by atoms with Crippen LogP contribution in [0.2, 0.25) is 0 Å². The maximum absolute atomic E-state index is 12.4. The molecule has 0 amide bonds. The summed E-state index contributed by atoms with van der Waals surface area (Å²) in [5.74, 6) is -2.88. The Hall–Kier alpha value is -2.84. The number of carbonyl (C=O) groups is 2. The zero-order valence-electron chi connectivity index (χ0n) is 13.3. The molecule has 8 N–H and O–H groups in total. The number of rotatable bonds is 5. The fourth-order valence-electron chi connectivity index (χ4n) is 2.12. The molecular formula is C14H14N2O9S2. The fraction of sp³-hybridized carbons (Fsp3) is 0. The van der Waals surface area contributed by atoms with Gasteiger partial charge in [-0.2, -0.15) is 16.8 Å². The summed E-state index contributed by atoms with van der Waals surface area (Å²) >= 11 is 0. The third kappa shape index (κ3) is 4.66. The van der Waals surface area contributed by atoms with E-state index in [2.05, 4.69) is 0 Å². The van der Waals surface area contributed by atoms with E-state index in [-0.39, 0.29) is 16.9 Å². The first-order valence-corrected chi connectivity index (χ1v) is 9.53. The Bertz CT molecular complexity index is 1050. The van der Waals surface area contributed by atoms with Crippen LogP contribution < -0.4 is 11.5 Å². The number of ketones is 2. The van der Waals surface area contributed by atoms with Crippen LogP contribution in [-0.2, 0) is 20.2 Å². The molecule has 2 aromatic rings. The van der Waals surface area contributed by atoms with E-state index in [4.69, 9.17) is 11.5 Å². The zero-order chi connectivity index (χ0) is 19.9. The van der Waals surface area contributed by atoms with E-state index < -0.39 is 52.7 Å². The van der Waals surface area contributed by atoms with Crippen molar-refractivity contribution < 1.29 is 41.0 Å². The molecule has 2 rings (SSSR count). The van der Waals surface area contributed by atoms with Crippen LogP contribution in [0.3, 0.4) is 0 Å². The number of hydrogen-bond acceptors (Lipinski definition) is 8. The highest BCUT2D eigenvalue weighted by Gasteiger charge is 2.30. The summed E-state index contributed by atoms with van der Waals surface area (Å²) in [6.45, 7) is 0. The van der Waals surface area contributed by atoms with Gasteiger partial charge in [-0.3, -0.25) is 18.7 Å². The van der Waals surface area contributed by atoms with Crippen molar-refractivity contribution in [3.63, 3.8) is 0 Å². The minimum atomic E-state index is -4.90. The molecule has 0 saturated carbocycles. The molecule has 11 nitrogen and oxygen atoms in total. The van der Waals surface area contributed by atoms with E-state index in [1.54, 1.807) is 0 Å². The highest BCUT2D eigenvalue weighted by Crippen LogP contribution is 2.24. The second-order valence-corrected chi connectivity index (χ2v) is 7.90. The third-order valence-electron chi connectivity index (χ3n) is 3.26. The van der Waals surface area contributed by atoms with Crippen LogP contribution in [0.4, 0.5) is 11.4 Å². The van der Waals surface area contributed by atoms with Gasteiger partial charge >= 0.3 is 0 Å². The van der Waals surface area contributed by atoms with Crippen molar-refractivity contribution in [2.45, 2.75) is 9.79 Å². The van der Waals surface area contributed by atoms with Crippen LogP contribution in [0.15, 0.2) is 46.2 Å². The third-order valence-corrected chi connectivity index (χ3v) is 5.05. The molecule has 0 aliphatic heterocycles. The molecule has 0 unspecified atom stereocenters. The molecule has 27 heavy (non-hydrogen) atoms. The SMILES string of the molecule is Nc1ccc(C(=O)C(=O)c2ccc(N)cc2S(=O)(=O)O)c(S(=O)(=O)O)c1.O. The predicted octanol–water partition coefficient (Wildman–Crippen LogP) is -0.415. The smallest absolute Gasteiger partial charge is 0.295 e. The monoisotopic (exact) mass is 418 g/mol. The predicted molar refractivity (Wildman–Crippen MR) is 93.6 cm³/mol. The van der Waals surface area contributed by atoms with Crippen molar-refractivity contribution in [2.75, 3.05) is 11.5 Å². The molecular weight excluding hydrogens is 404 g/mol. The highest BCUT2D eigenvalue weighted by atomic mass is 32.2. The van der Waals surface area contributed by atoms with Crippen LogP contribution in [0.5, 0.6) is 0 Å². The summed E-state index contributed by atoms with van der Waals surface area (Å²) in [5.41, 5.74) is 9.18. The molecule has 0 spiro atoms. The lowest BCUT2D eigenvalue weighted by molar-refractivity contribution is 0.0813. The number of carbonyl (C=O) groups excluding carboxylic acids is 2. The lowest BCUT2D eigenvalue weighted by atomic mass is 10.0. The van der Waals surface area contributed by atoms with Crippen LogP contribution in [0, 0.1) is 0 Å². The minimum Gasteiger partial charge on any atom is -0.412 e. The standard InChI is InChI=1S/C14H12N2O8S2.H2O/c15-7-1-3-9(11(5-7)25(19,20)21)13(17)14(18)10-4-2-8(16)6-12(10)26(22,23)24;/h1-6H,15-16H2,(H,19,20,21)(H,22,23,24);1H2. The average molecular weight is 418 g/mol. The number of hydrogen-bond donors (Lipinski definition) is 4. The first kappa shape index (κ1) is 22.2. The topological polar surface area (TPSA) is 226 Å². The van der Waals surface area contributed by atoms with Gasteiger partial charge in [-0.1, -0.05) is 0 Å². The van der Waals surface area contributed by atoms with Crippen molar-refractivity contribution in [1.29, 1.82) is 0 Å². The summed E-state index contributed by atoms with van der Waals surface area (Å²) in [5, 5.41) is 0. The molecule has 0 aliphatic carbocycles. The minimum absolute atomic E-state index is 0. The molecule has 0 radical (unpaired) electrons. The Morgan fingerprint density at radius 2 is 1.00 bits per heavy atom. The maximum Gasteiger partial charge on any atom is 0.295 e. The molecule has 0 aliphatic rings. The summed E-state index contributed by atoms with van der Waals surface area (Å²) in [6, 6.07) is 5.54. The Morgan fingerprint density at radius 3 is 1.26 bits per heavy atom. The quantitative estimate of drug-likeness (QED) is 0.212. The Balaban J connectivity index is 0.00000364. The van der Waals surface area contributed by atoms with E-state index in [0.717, 1.165) is 36.4 Å². The van der Waals surface area contributed by atoms with Gasteiger partial charge in [0.25, 0.3) is 20.2 Å². The van der Waals surface area contributed by atoms with E-state index in [9.17, 15) is 35.5 Å². The maximum atomic E-state index is 12.4. The molecule has 2 aromatic carbocycles. The van der Waals surface area contributed by atoms with Crippen LogP contribution in [-0.4, -0.2) is 43.0 Å². The number of anilines is 2. The van der Waals surface area contributed by atoms with Gasteiger partial charge in [0.2, 0.25) is 11.6 Å². The van der Waals surface area contributed by atoms with Gasteiger partial charge in [0.05, 0.1) is 0 Å². The average Bonchev–Trinajstić information content (AvgIpc) is 2.51. The van der Waals surface area contributed by atoms with Crippen LogP contribution in [0.25, 0.3) is 0 Å². The van der Waals surface area contributed by atoms with Crippen molar-refractivity contribution in [1.82, 2.24) is 0 Å². The van der Waals surface area contributed by atoms with Gasteiger partial charge in [-0.25, -0.2) is 0 Å². The molecule has 0 aromatic heterocycles. The molecule has 146 valence electrons. The molecule has 0 fully saturated rings. The summed E-state index contributed by atoms with van der Waals surface area (Å²) in [7, 11) is -9.81. The van der Waals surface area contributed by atoms with Gasteiger partial charge in [-0.15, -0.1) is 0 Å². The Morgan fingerprint density at radius 1 is 0.704 bits per heavy atom. The Kier molecular flexibility index (Phi) is 6.10. The number of nitrogens with two attached hydrogens (primary N) is 2. The van der Waals surface area contributed by atoms with Crippen molar-refractivity contribution in [3.05, 3.63) is 47.5 Å². The number of benzene rings is 2. The first-order valence-electron chi connectivity index (χ1n) is 6.65. The van der Waals surface area contributed by atoms with Crippen molar-refractivity contribution >= 4 is 43.2 Å². The van der Waals surface area contributed by atoms with Gasteiger partial charge in [0.1, 0.15) is 9.79 Å². The first-order chi connectivity index (χ1) is 11.8. The highest BCUT2D eigenvalue weighted by molar-refractivity contribution is 7.86. The zero-order valence-corrected chi connectivity index (χ0v) is 14.9. The Labute approximate surface area is 153 Å². The molecule has 0 atom stereocenters. The summed E-state index contributed by atoms with van der Waals surface area (Å²) in [6.07, 6.45) is 0. The van der Waals surface area contributed by atoms with Crippen molar-refractivity contribution in [2.24, 2.45) is 0 Å².